The number of hydrogen-bond donors (Lipinski definition) is 1. The average Bonchev–Trinajstić information content (AvgIpc) is 2.86. The molecule has 2 amide bonds. The van der Waals surface area contributed by atoms with Gasteiger partial charge in [-0.2, -0.15) is 0 Å². The standard InChI is InChI=1S/C16H18N2O6/c1-16(2,3)24-15(21)17-12(8-9-13(17)19)14(20)10-4-6-11(7-5-10)18(22)23/h4-9,12,14,20H,1-3H3/t12-,14-/m0/s1. The van der Waals surface area contributed by atoms with Gasteiger partial charge in [0, 0.05) is 18.2 Å². The normalized spacial score (nSPS) is 18.6. The number of ether oxygens (including phenoxy) is 1. The highest BCUT2D eigenvalue weighted by Gasteiger charge is 2.39. The summed E-state index contributed by atoms with van der Waals surface area (Å²) in [5.41, 5.74) is -0.561. The molecule has 0 aromatic heterocycles. The molecule has 0 fully saturated rings. The van der Waals surface area contributed by atoms with Crippen molar-refractivity contribution < 1.29 is 24.4 Å². The van der Waals surface area contributed by atoms with Gasteiger partial charge in [-0.3, -0.25) is 14.9 Å². The van der Waals surface area contributed by atoms with Crippen LogP contribution < -0.4 is 0 Å². The molecule has 0 saturated heterocycles. The smallest absolute Gasteiger partial charge is 0.417 e. The second-order valence-corrected chi connectivity index (χ2v) is 6.33. The monoisotopic (exact) mass is 334 g/mol. The Hall–Kier alpha value is -2.74. The van der Waals surface area contributed by atoms with Gasteiger partial charge in [-0.25, -0.2) is 9.69 Å². The summed E-state index contributed by atoms with van der Waals surface area (Å²) >= 11 is 0. The number of amides is 2. The zero-order valence-corrected chi connectivity index (χ0v) is 13.5. The molecule has 1 aromatic carbocycles. The second kappa shape index (κ2) is 6.40. The number of nitro benzene ring substituents is 1. The third kappa shape index (κ3) is 3.77. The van der Waals surface area contributed by atoms with Crippen LogP contribution in [0.5, 0.6) is 0 Å². The van der Waals surface area contributed by atoms with Crippen LogP contribution in [0.25, 0.3) is 0 Å². The van der Waals surface area contributed by atoms with Crippen molar-refractivity contribution in [3.63, 3.8) is 0 Å². The fourth-order valence-corrected chi connectivity index (χ4v) is 2.25. The maximum absolute atomic E-state index is 12.2. The molecule has 1 aromatic rings. The van der Waals surface area contributed by atoms with Gasteiger partial charge in [0.2, 0.25) is 0 Å². The van der Waals surface area contributed by atoms with Crippen molar-refractivity contribution in [3.05, 3.63) is 52.1 Å². The Morgan fingerprint density at radius 2 is 1.92 bits per heavy atom. The Bertz CT molecular complexity index is 690. The number of aliphatic hydroxyl groups is 1. The number of non-ortho nitro benzene ring substituents is 1. The molecule has 1 heterocycles. The van der Waals surface area contributed by atoms with Crippen molar-refractivity contribution in [2.24, 2.45) is 0 Å². The van der Waals surface area contributed by atoms with Crippen LogP contribution in [0.2, 0.25) is 0 Å². The Morgan fingerprint density at radius 3 is 2.42 bits per heavy atom. The zero-order valence-electron chi connectivity index (χ0n) is 13.5. The molecule has 2 atom stereocenters. The third-order valence-corrected chi connectivity index (χ3v) is 3.33. The van der Waals surface area contributed by atoms with E-state index in [0.717, 1.165) is 4.90 Å². The first-order valence-electron chi connectivity index (χ1n) is 7.27. The fourth-order valence-electron chi connectivity index (χ4n) is 2.25. The fraction of sp³-hybridized carbons (Fsp3) is 0.375. The van der Waals surface area contributed by atoms with E-state index >= 15 is 0 Å². The van der Waals surface area contributed by atoms with Gasteiger partial charge in [-0.15, -0.1) is 0 Å². The van der Waals surface area contributed by atoms with Gasteiger partial charge >= 0.3 is 6.09 Å². The van der Waals surface area contributed by atoms with E-state index in [4.69, 9.17) is 4.74 Å². The summed E-state index contributed by atoms with van der Waals surface area (Å²) in [6.45, 7) is 5.00. The molecule has 2 rings (SSSR count). The molecule has 1 aliphatic rings. The van der Waals surface area contributed by atoms with Crippen LogP contribution in [0.4, 0.5) is 10.5 Å². The molecule has 0 radical (unpaired) electrons. The van der Waals surface area contributed by atoms with Crippen LogP contribution in [0.15, 0.2) is 36.4 Å². The quantitative estimate of drug-likeness (QED) is 0.671. The minimum Gasteiger partial charge on any atom is -0.443 e. The van der Waals surface area contributed by atoms with E-state index in [2.05, 4.69) is 0 Å². The number of rotatable bonds is 3. The summed E-state index contributed by atoms with van der Waals surface area (Å²) in [5, 5.41) is 21.1. The first-order chi connectivity index (χ1) is 11.1. The highest BCUT2D eigenvalue weighted by atomic mass is 16.6. The Kier molecular flexibility index (Phi) is 4.70. The van der Waals surface area contributed by atoms with Crippen molar-refractivity contribution in [1.29, 1.82) is 0 Å². The molecule has 8 heteroatoms. The summed E-state index contributed by atoms with van der Waals surface area (Å²) < 4.78 is 5.18. The number of nitro groups is 1. The molecular weight excluding hydrogens is 316 g/mol. The Labute approximate surface area is 138 Å². The van der Waals surface area contributed by atoms with Crippen molar-refractivity contribution in [2.75, 3.05) is 0 Å². The molecule has 128 valence electrons. The van der Waals surface area contributed by atoms with Crippen LogP contribution in [-0.4, -0.2) is 38.6 Å². The predicted octanol–water partition coefficient (Wildman–Crippen LogP) is 2.33. The van der Waals surface area contributed by atoms with Crippen LogP contribution in [0.3, 0.4) is 0 Å². The molecule has 0 saturated carbocycles. The average molecular weight is 334 g/mol. The van der Waals surface area contributed by atoms with E-state index in [1.165, 1.54) is 36.4 Å². The largest absolute Gasteiger partial charge is 0.443 e. The lowest BCUT2D eigenvalue weighted by Crippen LogP contribution is -2.45. The number of carbonyl (C=O) groups is 2. The summed E-state index contributed by atoms with van der Waals surface area (Å²) in [6, 6.07) is 4.32. The van der Waals surface area contributed by atoms with Gasteiger partial charge in [-0.1, -0.05) is 6.08 Å². The van der Waals surface area contributed by atoms with Crippen molar-refractivity contribution in [2.45, 2.75) is 38.5 Å². The lowest BCUT2D eigenvalue weighted by Gasteiger charge is -2.29. The predicted molar refractivity (Wildman–Crippen MR) is 84.1 cm³/mol. The number of benzene rings is 1. The van der Waals surface area contributed by atoms with Gasteiger partial charge in [-0.05, 0) is 38.5 Å². The second-order valence-electron chi connectivity index (χ2n) is 6.33. The summed E-state index contributed by atoms with van der Waals surface area (Å²) in [4.78, 5) is 35.1. The van der Waals surface area contributed by atoms with E-state index < -0.39 is 34.7 Å². The van der Waals surface area contributed by atoms with E-state index in [0.29, 0.717) is 5.56 Å². The number of carbonyl (C=O) groups excluding carboxylic acids is 2. The Balaban J connectivity index is 2.22. The zero-order chi connectivity index (χ0) is 18.1. The SMILES string of the molecule is CC(C)(C)OC(=O)N1C(=O)C=C[C@H]1[C@@H](O)c1ccc([N+](=O)[O-])cc1. The van der Waals surface area contributed by atoms with Crippen molar-refractivity contribution >= 4 is 17.7 Å². The minimum atomic E-state index is -1.22. The molecule has 0 bridgehead atoms. The van der Waals surface area contributed by atoms with Gasteiger partial charge in [0.05, 0.1) is 11.0 Å². The summed E-state index contributed by atoms with van der Waals surface area (Å²) in [7, 11) is 0. The molecule has 8 nitrogen and oxygen atoms in total. The van der Waals surface area contributed by atoms with E-state index in [1.54, 1.807) is 20.8 Å². The maximum atomic E-state index is 12.2. The molecule has 0 aliphatic carbocycles. The third-order valence-electron chi connectivity index (χ3n) is 3.33. The molecule has 1 aliphatic heterocycles. The lowest BCUT2D eigenvalue weighted by molar-refractivity contribution is -0.384. The van der Waals surface area contributed by atoms with E-state index in [-0.39, 0.29) is 5.69 Å². The summed E-state index contributed by atoms with van der Waals surface area (Å²) in [6.07, 6.45) is 0.506. The van der Waals surface area contributed by atoms with Crippen molar-refractivity contribution in [1.82, 2.24) is 4.90 Å². The van der Waals surface area contributed by atoms with Gasteiger partial charge in [0.1, 0.15) is 11.7 Å². The number of aliphatic hydroxyl groups excluding tert-OH is 1. The van der Waals surface area contributed by atoms with E-state index in [9.17, 15) is 24.8 Å². The van der Waals surface area contributed by atoms with Gasteiger partial charge < -0.3 is 9.84 Å². The van der Waals surface area contributed by atoms with E-state index in [1.807, 2.05) is 0 Å². The molecule has 0 unspecified atom stereocenters. The first kappa shape index (κ1) is 17.6. The Morgan fingerprint density at radius 1 is 1.33 bits per heavy atom. The van der Waals surface area contributed by atoms with Crippen LogP contribution in [0.1, 0.15) is 32.4 Å². The number of nitrogens with zero attached hydrogens (tertiary/aromatic N) is 2. The van der Waals surface area contributed by atoms with Crippen LogP contribution in [0, 0.1) is 10.1 Å². The molecule has 24 heavy (non-hydrogen) atoms. The maximum Gasteiger partial charge on any atom is 0.417 e. The summed E-state index contributed by atoms with van der Waals surface area (Å²) in [5.74, 6) is -0.588. The minimum absolute atomic E-state index is 0.118. The van der Waals surface area contributed by atoms with Gasteiger partial charge in [0.25, 0.3) is 11.6 Å². The highest BCUT2D eigenvalue weighted by Crippen LogP contribution is 2.28. The van der Waals surface area contributed by atoms with Crippen molar-refractivity contribution in [3.8, 4) is 0 Å². The molecule has 0 spiro atoms. The first-order valence-corrected chi connectivity index (χ1v) is 7.27. The number of imide groups is 1. The van der Waals surface area contributed by atoms with Crippen LogP contribution in [-0.2, 0) is 9.53 Å². The lowest BCUT2D eigenvalue weighted by atomic mass is 10.0. The van der Waals surface area contributed by atoms with Gasteiger partial charge in [0.15, 0.2) is 0 Å². The molecular formula is C16H18N2O6. The van der Waals surface area contributed by atoms with Crippen LogP contribution >= 0.6 is 0 Å². The number of hydrogen-bond acceptors (Lipinski definition) is 6. The highest BCUT2D eigenvalue weighted by molar-refractivity contribution is 6.01. The topological polar surface area (TPSA) is 110 Å². The molecule has 1 N–H and O–H groups in total.